The van der Waals surface area contributed by atoms with Crippen LogP contribution in [0, 0.1) is 5.41 Å². The molecule has 5 nitrogen and oxygen atoms in total. The zero-order valence-corrected chi connectivity index (χ0v) is 13.5. The third-order valence-electron chi connectivity index (χ3n) is 3.00. The molecular formula is C15H29N3O2. The highest BCUT2D eigenvalue weighted by molar-refractivity contribution is 4.93. The Hall–Kier alpha value is -0.940. The zero-order chi connectivity index (χ0) is 15.2. The van der Waals surface area contributed by atoms with Crippen LogP contribution in [0.5, 0.6) is 0 Å². The van der Waals surface area contributed by atoms with Crippen molar-refractivity contribution in [1.82, 2.24) is 10.1 Å². The van der Waals surface area contributed by atoms with E-state index in [0.717, 1.165) is 19.3 Å². The number of nitrogens with zero attached hydrogens (tertiary/aromatic N) is 2. The van der Waals surface area contributed by atoms with Crippen LogP contribution in [0.4, 0.5) is 0 Å². The number of ether oxygens (including phenoxy) is 1. The fourth-order valence-corrected chi connectivity index (χ4v) is 2.32. The summed E-state index contributed by atoms with van der Waals surface area (Å²) in [5.74, 6) is 1.25. The van der Waals surface area contributed by atoms with Crippen LogP contribution in [0.3, 0.4) is 0 Å². The molecule has 0 spiro atoms. The molecule has 116 valence electrons. The van der Waals surface area contributed by atoms with Crippen molar-refractivity contribution < 1.29 is 9.26 Å². The number of hydrogen-bond acceptors (Lipinski definition) is 5. The lowest BCUT2D eigenvalue weighted by Crippen LogP contribution is -2.28. The molecule has 0 amide bonds. The van der Waals surface area contributed by atoms with Crippen molar-refractivity contribution in [3.8, 4) is 0 Å². The van der Waals surface area contributed by atoms with Gasteiger partial charge in [0.15, 0.2) is 0 Å². The molecule has 0 aromatic carbocycles. The van der Waals surface area contributed by atoms with Crippen LogP contribution in [0.15, 0.2) is 4.52 Å². The van der Waals surface area contributed by atoms with E-state index in [1.165, 1.54) is 0 Å². The molecule has 1 heterocycles. The summed E-state index contributed by atoms with van der Waals surface area (Å²) >= 11 is 0. The highest BCUT2D eigenvalue weighted by Crippen LogP contribution is 2.23. The largest absolute Gasteiger partial charge is 0.370 e. The molecule has 0 aliphatic carbocycles. The van der Waals surface area contributed by atoms with Crippen molar-refractivity contribution in [3.05, 3.63) is 11.7 Å². The molecule has 1 aromatic heterocycles. The second kappa shape index (κ2) is 7.74. The molecule has 0 fully saturated rings. The fourth-order valence-electron chi connectivity index (χ4n) is 2.32. The molecule has 2 N–H and O–H groups in total. The van der Waals surface area contributed by atoms with Crippen molar-refractivity contribution in [1.29, 1.82) is 0 Å². The molecule has 0 aliphatic heterocycles. The molecular weight excluding hydrogens is 254 g/mol. The smallest absolute Gasteiger partial charge is 0.228 e. The van der Waals surface area contributed by atoms with Gasteiger partial charge >= 0.3 is 0 Å². The van der Waals surface area contributed by atoms with Crippen molar-refractivity contribution in [3.63, 3.8) is 0 Å². The molecule has 20 heavy (non-hydrogen) atoms. The average Bonchev–Trinajstić information content (AvgIpc) is 2.74. The van der Waals surface area contributed by atoms with Crippen LogP contribution >= 0.6 is 0 Å². The lowest BCUT2D eigenvalue weighted by molar-refractivity contribution is 0.0478. The lowest BCUT2D eigenvalue weighted by Gasteiger charge is -2.21. The average molecular weight is 283 g/mol. The van der Waals surface area contributed by atoms with Gasteiger partial charge in [-0.05, 0) is 25.2 Å². The third-order valence-corrected chi connectivity index (χ3v) is 3.00. The van der Waals surface area contributed by atoms with Gasteiger partial charge in [-0.2, -0.15) is 4.98 Å². The quantitative estimate of drug-likeness (QED) is 0.792. The van der Waals surface area contributed by atoms with E-state index in [1.54, 1.807) is 0 Å². The highest BCUT2D eigenvalue weighted by atomic mass is 16.5. The molecule has 2 atom stereocenters. The van der Waals surface area contributed by atoms with E-state index in [-0.39, 0.29) is 17.6 Å². The van der Waals surface area contributed by atoms with Crippen LogP contribution in [0.2, 0.25) is 0 Å². The highest BCUT2D eigenvalue weighted by Gasteiger charge is 2.21. The Balaban J connectivity index is 2.61. The van der Waals surface area contributed by atoms with Crippen LogP contribution in [0.1, 0.15) is 71.7 Å². The van der Waals surface area contributed by atoms with Crippen molar-refractivity contribution in [2.45, 2.75) is 72.4 Å². The van der Waals surface area contributed by atoms with E-state index in [2.05, 4.69) is 37.8 Å². The molecule has 0 bridgehead atoms. The van der Waals surface area contributed by atoms with Crippen LogP contribution in [-0.4, -0.2) is 22.8 Å². The first-order valence-electron chi connectivity index (χ1n) is 7.55. The van der Waals surface area contributed by atoms with Crippen LogP contribution in [0.25, 0.3) is 0 Å². The second-order valence-corrected chi connectivity index (χ2v) is 6.51. The lowest BCUT2D eigenvalue weighted by atomic mass is 9.87. The topological polar surface area (TPSA) is 74.2 Å². The molecule has 0 radical (unpaired) electrons. The minimum absolute atomic E-state index is 0.0417. The number of rotatable bonds is 8. The number of hydrogen-bond donors (Lipinski definition) is 1. The molecule has 1 aromatic rings. The molecule has 0 aliphatic rings. The standard InChI is InChI=1S/C15H29N3O2/c1-6-8-12(19-7-2)14-17-13(20-18-14)9-11(16)10-15(3,4)5/h11-12H,6-10,16H2,1-5H3. The van der Waals surface area contributed by atoms with Gasteiger partial charge in [-0.3, -0.25) is 0 Å². The monoisotopic (exact) mass is 283 g/mol. The Labute approximate surface area is 122 Å². The Morgan fingerprint density at radius 1 is 1.30 bits per heavy atom. The summed E-state index contributed by atoms with van der Waals surface area (Å²) in [6.45, 7) is 11.3. The maximum atomic E-state index is 6.14. The first-order chi connectivity index (χ1) is 9.35. The SMILES string of the molecule is CCCC(OCC)c1noc(CC(N)CC(C)(C)C)n1. The number of aromatic nitrogens is 2. The summed E-state index contributed by atoms with van der Waals surface area (Å²) in [5.41, 5.74) is 6.34. The predicted octanol–water partition coefficient (Wildman–Crippen LogP) is 3.25. The van der Waals surface area contributed by atoms with Crippen molar-refractivity contribution >= 4 is 0 Å². The third kappa shape index (κ3) is 6.01. The van der Waals surface area contributed by atoms with Gasteiger partial charge in [-0.15, -0.1) is 0 Å². The molecule has 1 rings (SSSR count). The maximum Gasteiger partial charge on any atom is 0.228 e. The van der Waals surface area contributed by atoms with Gasteiger partial charge in [-0.1, -0.05) is 39.3 Å². The molecule has 5 heteroatoms. The molecule has 2 unspecified atom stereocenters. The minimum atomic E-state index is -0.0682. The summed E-state index contributed by atoms with van der Waals surface area (Å²) in [5, 5.41) is 4.04. The van der Waals surface area contributed by atoms with Gasteiger partial charge in [0.25, 0.3) is 0 Å². The van der Waals surface area contributed by atoms with Crippen LogP contribution in [-0.2, 0) is 11.2 Å². The van der Waals surface area contributed by atoms with Gasteiger partial charge in [-0.25, -0.2) is 0 Å². The van der Waals surface area contributed by atoms with E-state index in [9.17, 15) is 0 Å². The van der Waals surface area contributed by atoms with E-state index in [0.29, 0.717) is 24.7 Å². The normalized spacial score (nSPS) is 15.3. The number of nitrogens with two attached hydrogens (primary N) is 1. The summed E-state index contributed by atoms with van der Waals surface area (Å²) < 4.78 is 11.0. The van der Waals surface area contributed by atoms with E-state index in [1.807, 2.05) is 6.92 Å². The zero-order valence-electron chi connectivity index (χ0n) is 13.5. The van der Waals surface area contributed by atoms with Gasteiger partial charge in [0.05, 0.1) is 0 Å². The van der Waals surface area contributed by atoms with Gasteiger partial charge in [0, 0.05) is 19.1 Å². The predicted molar refractivity (Wildman–Crippen MR) is 79.3 cm³/mol. The Bertz CT molecular complexity index is 379. The van der Waals surface area contributed by atoms with E-state index < -0.39 is 0 Å². The van der Waals surface area contributed by atoms with Gasteiger partial charge in [0.1, 0.15) is 6.10 Å². The van der Waals surface area contributed by atoms with Gasteiger partial charge < -0.3 is 15.0 Å². The first kappa shape index (κ1) is 17.1. The Kier molecular flexibility index (Phi) is 6.62. The van der Waals surface area contributed by atoms with Crippen molar-refractivity contribution in [2.75, 3.05) is 6.61 Å². The fraction of sp³-hybridized carbons (Fsp3) is 0.867. The molecule has 0 saturated heterocycles. The maximum absolute atomic E-state index is 6.14. The Morgan fingerprint density at radius 2 is 2.00 bits per heavy atom. The van der Waals surface area contributed by atoms with E-state index in [4.69, 9.17) is 15.0 Å². The molecule has 0 saturated carbocycles. The summed E-state index contributed by atoms with van der Waals surface area (Å²) in [4.78, 5) is 4.44. The summed E-state index contributed by atoms with van der Waals surface area (Å²) in [6.07, 6.45) is 3.41. The first-order valence-corrected chi connectivity index (χ1v) is 7.55. The Morgan fingerprint density at radius 3 is 2.55 bits per heavy atom. The van der Waals surface area contributed by atoms with Gasteiger partial charge in [0.2, 0.25) is 11.7 Å². The second-order valence-electron chi connectivity index (χ2n) is 6.51. The minimum Gasteiger partial charge on any atom is -0.370 e. The van der Waals surface area contributed by atoms with Crippen LogP contribution < -0.4 is 5.73 Å². The van der Waals surface area contributed by atoms with E-state index >= 15 is 0 Å². The summed E-state index contributed by atoms with van der Waals surface area (Å²) in [7, 11) is 0. The van der Waals surface area contributed by atoms with Crippen molar-refractivity contribution in [2.24, 2.45) is 11.1 Å². The summed E-state index contributed by atoms with van der Waals surface area (Å²) in [6, 6.07) is 0.0417.